The van der Waals surface area contributed by atoms with Gasteiger partial charge in [0.2, 0.25) is 0 Å². The summed E-state index contributed by atoms with van der Waals surface area (Å²) in [6.45, 7) is 0. The van der Waals surface area contributed by atoms with Gasteiger partial charge in [-0.2, -0.15) is 0 Å². The molecule has 0 saturated heterocycles. The van der Waals surface area contributed by atoms with Crippen molar-refractivity contribution in [2.45, 2.75) is 6.42 Å². The van der Waals surface area contributed by atoms with Gasteiger partial charge in [0.05, 0.1) is 27.8 Å². The van der Waals surface area contributed by atoms with Crippen molar-refractivity contribution in [1.82, 2.24) is 0 Å². The number of rotatable bonds is 6. The Morgan fingerprint density at radius 2 is 1.60 bits per heavy atom. The molecule has 20 heavy (non-hydrogen) atoms. The highest BCUT2D eigenvalue weighted by atomic mass is 16.5. The summed E-state index contributed by atoms with van der Waals surface area (Å²) in [6.07, 6.45) is -0.353. The minimum Gasteiger partial charge on any atom is -0.497 e. The van der Waals surface area contributed by atoms with Crippen molar-refractivity contribution in [3.8, 4) is 5.75 Å². The van der Waals surface area contributed by atoms with Gasteiger partial charge in [-0.25, -0.2) is 0 Å². The number of hydrogen-bond acceptors (Lipinski definition) is 6. The molecule has 1 aromatic rings. The molecule has 0 bridgehead atoms. The second kappa shape index (κ2) is 7.28. The molecule has 1 atom stereocenters. The van der Waals surface area contributed by atoms with Gasteiger partial charge in [-0.1, -0.05) is 0 Å². The summed E-state index contributed by atoms with van der Waals surface area (Å²) in [5.41, 5.74) is 0.296. The Balaban J connectivity index is 2.96. The van der Waals surface area contributed by atoms with Crippen LogP contribution in [0.4, 0.5) is 0 Å². The molecule has 0 saturated carbocycles. The van der Waals surface area contributed by atoms with Crippen LogP contribution in [0.3, 0.4) is 0 Å². The van der Waals surface area contributed by atoms with Crippen LogP contribution in [-0.4, -0.2) is 39.1 Å². The number of methoxy groups -OCH3 is 3. The summed E-state index contributed by atoms with van der Waals surface area (Å²) in [6, 6.07) is 6.24. The van der Waals surface area contributed by atoms with Crippen molar-refractivity contribution in [2.24, 2.45) is 5.92 Å². The van der Waals surface area contributed by atoms with Gasteiger partial charge in [0.15, 0.2) is 5.78 Å². The molecule has 0 fully saturated rings. The standard InChI is InChI=1S/C14H16O6/c1-18-10-6-4-9(5-7-10)13(16)11(14(17)20-3)8-12(15)19-2/h4-7,11H,8H2,1-3H3. The van der Waals surface area contributed by atoms with E-state index in [1.54, 1.807) is 12.1 Å². The maximum Gasteiger partial charge on any atom is 0.317 e. The Bertz CT molecular complexity index is 491. The average Bonchev–Trinajstić information content (AvgIpc) is 2.50. The van der Waals surface area contributed by atoms with Crippen molar-refractivity contribution >= 4 is 17.7 Å². The molecule has 108 valence electrons. The Morgan fingerprint density at radius 1 is 1.00 bits per heavy atom. The third-order valence-corrected chi connectivity index (χ3v) is 2.78. The van der Waals surface area contributed by atoms with E-state index in [2.05, 4.69) is 9.47 Å². The molecular weight excluding hydrogens is 264 g/mol. The molecule has 6 nitrogen and oxygen atoms in total. The van der Waals surface area contributed by atoms with Gasteiger partial charge in [0.25, 0.3) is 0 Å². The van der Waals surface area contributed by atoms with E-state index in [-0.39, 0.29) is 6.42 Å². The Labute approximate surface area is 116 Å². The highest BCUT2D eigenvalue weighted by molar-refractivity contribution is 6.10. The van der Waals surface area contributed by atoms with Crippen LogP contribution in [0.1, 0.15) is 16.8 Å². The van der Waals surface area contributed by atoms with Crippen molar-refractivity contribution < 1.29 is 28.6 Å². The van der Waals surface area contributed by atoms with Crippen molar-refractivity contribution in [1.29, 1.82) is 0 Å². The second-order valence-corrected chi connectivity index (χ2v) is 3.95. The molecule has 6 heteroatoms. The molecule has 0 aromatic heterocycles. The number of benzene rings is 1. The van der Waals surface area contributed by atoms with Crippen LogP contribution in [0.15, 0.2) is 24.3 Å². The lowest BCUT2D eigenvalue weighted by Gasteiger charge is -2.12. The predicted molar refractivity (Wildman–Crippen MR) is 69.5 cm³/mol. The maximum absolute atomic E-state index is 12.2. The summed E-state index contributed by atoms with van der Waals surface area (Å²) in [4.78, 5) is 35.1. The lowest BCUT2D eigenvalue weighted by atomic mass is 9.94. The Morgan fingerprint density at radius 3 is 2.05 bits per heavy atom. The zero-order chi connectivity index (χ0) is 15.1. The first-order valence-electron chi connectivity index (χ1n) is 5.86. The molecule has 0 heterocycles. The molecule has 0 aliphatic rings. The molecule has 1 unspecified atom stereocenters. The Hall–Kier alpha value is -2.37. The summed E-state index contributed by atoms with van der Waals surface area (Å²) in [7, 11) is 3.85. The van der Waals surface area contributed by atoms with E-state index in [9.17, 15) is 14.4 Å². The van der Waals surface area contributed by atoms with Gasteiger partial charge in [0.1, 0.15) is 11.7 Å². The number of Topliss-reactive ketones (excluding diaryl/α,β-unsaturated/α-hetero) is 1. The van der Waals surface area contributed by atoms with Crippen LogP contribution in [-0.2, 0) is 19.1 Å². The molecule has 0 N–H and O–H groups in total. The van der Waals surface area contributed by atoms with Gasteiger partial charge in [0, 0.05) is 5.56 Å². The molecule has 0 aliphatic heterocycles. The van der Waals surface area contributed by atoms with Gasteiger partial charge in [-0.3, -0.25) is 14.4 Å². The first-order valence-corrected chi connectivity index (χ1v) is 5.86. The number of esters is 2. The van der Waals surface area contributed by atoms with Crippen LogP contribution in [0.5, 0.6) is 5.75 Å². The molecule has 0 amide bonds. The maximum atomic E-state index is 12.2. The first-order chi connectivity index (χ1) is 9.53. The number of carbonyl (C=O) groups excluding carboxylic acids is 3. The zero-order valence-electron chi connectivity index (χ0n) is 11.5. The SMILES string of the molecule is COC(=O)CC(C(=O)OC)C(=O)c1ccc(OC)cc1. The van der Waals surface area contributed by atoms with Gasteiger partial charge in [-0.05, 0) is 24.3 Å². The minimum atomic E-state index is -1.21. The van der Waals surface area contributed by atoms with E-state index in [1.165, 1.54) is 26.4 Å². The lowest BCUT2D eigenvalue weighted by Crippen LogP contribution is -2.28. The number of carbonyl (C=O) groups is 3. The Kier molecular flexibility index (Phi) is 5.71. The molecule has 1 aromatic carbocycles. The average molecular weight is 280 g/mol. The second-order valence-electron chi connectivity index (χ2n) is 3.95. The predicted octanol–water partition coefficient (Wildman–Crippen LogP) is 1.23. The molecular formula is C14H16O6. The van der Waals surface area contributed by atoms with E-state index in [0.29, 0.717) is 11.3 Å². The summed E-state index contributed by atoms with van der Waals surface area (Å²) < 4.78 is 14.0. The van der Waals surface area contributed by atoms with Crippen LogP contribution in [0.25, 0.3) is 0 Å². The fraction of sp³-hybridized carbons (Fsp3) is 0.357. The highest BCUT2D eigenvalue weighted by Crippen LogP contribution is 2.18. The minimum absolute atomic E-state index is 0.296. The topological polar surface area (TPSA) is 78.9 Å². The lowest BCUT2D eigenvalue weighted by molar-refractivity contribution is -0.150. The fourth-order valence-corrected chi connectivity index (χ4v) is 1.63. The quantitative estimate of drug-likeness (QED) is 0.443. The number of hydrogen-bond donors (Lipinski definition) is 0. The van der Waals surface area contributed by atoms with Crippen LogP contribution >= 0.6 is 0 Å². The molecule has 0 aliphatic carbocycles. The summed E-state index contributed by atoms with van der Waals surface area (Å²) in [5.74, 6) is -2.53. The van der Waals surface area contributed by atoms with Crippen LogP contribution < -0.4 is 4.74 Å². The van der Waals surface area contributed by atoms with Crippen molar-refractivity contribution in [2.75, 3.05) is 21.3 Å². The normalized spacial score (nSPS) is 11.3. The highest BCUT2D eigenvalue weighted by Gasteiger charge is 2.31. The molecule has 0 radical (unpaired) electrons. The number of ketones is 1. The fourth-order valence-electron chi connectivity index (χ4n) is 1.63. The van der Waals surface area contributed by atoms with Crippen molar-refractivity contribution in [3.05, 3.63) is 29.8 Å². The van der Waals surface area contributed by atoms with Gasteiger partial charge < -0.3 is 14.2 Å². The smallest absolute Gasteiger partial charge is 0.317 e. The van der Waals surface area contributed by atoms with E-state index in [1.807, 2.05) is 0 Å². The van der Waals surface area contributed by atoms with E-state index < -0.39 is 23.6 Å². The van der Waals surface area contributed by atoms with Gasteiger partial charge >= 0.3 is 11.9 Å². The van der Waals surface area contributed by atoms with E-state index >= 15 is 0 Å². The van der Waals surface area contributed by atoms with Gasteiger partial charge in [-0.15, -0.1) is 0 Å². The van der Waals surface area contributed by atoms with E-state index in [4.69, 9.17) is 4.74 Å². The monoisotopic (exact) mass is 280 g/mol. The largest absolute Gasteiger partial charge is 0.497 e. The summed E-state index contributed by atoms with van der Waals surface area (Å²) in [5, 5.41) is 0. The summed E-state index contributed by atoms with van der Waals surface area (Å²) >= 11 is 0. The molecule has 0 spiro atoms. The number of ether oxygens (including phenoxy) is 3. The van der Waals surface area contributed by atoms with Crippen molar-refractivity contribution in [3.63, 3.8) is 0 Å². The molecule has 1 rings (SSSR count). The van der Waals surface area contributed by atoms with Crippen LogP contribution in [0.2, 0.25) is 0 Å². The van der Waals surface area contributed by atoms with Crippen LogP contribution in [0, 0.1) is 5.92 Å². The zero-order valence-corrected chi connectivity index (χ0v) is 11.5. The third-order valence-electron chi connectivity index (χ3n) is 2.78. The first kappa shape index (κ1) is 15.7. The third kappa shape index (κ3) is 3.81. The van der Waals surface area contributed by atoms with E-state index in [0.717, 1.165) is 7.11 Å².